The minimum Gasteiger partial charge on any atom is -0.435 e. The summed E-state index contributed by atoms with van der Waals surface area (Å²) in [6, 6.07) is 7.17. The van der Waals surface area contributed by atoms with Gasteiger partial charge in [0.1, 0.15) is 5.75 Å². The Balaban J connectivity index is 0.00000180. The molecule has 108 valence electrons. The third-order valence-electron chi connectivity index (χ3n) is 3.26. The predicted octanol–water partition coefficient (Wildman–Crippen LogP) is 2.68. The molecule has 2 rings (SSSR count). The molecule has 0 saturated carbocycles. The highest BCUT2D eigenvalue weighted by Crippen LogP contribution is 2.24. The number of nitrogens with one attached hydrogen (secondary N) is 1. The van der Waals surface area contributed by atoms with Crippen molar-refractivity contribution in [3.05, 3.63) is 29.8 Å². The number of nitrogens with zero attached hydrogens (tertiary/aromatic N) is 1. The molecular weight excluding hydrogens is 274 g/mol. The van der Waals surface area contributed by atoms with Gasteiger partial charge >= 0.3 is 6.61 Å². The molecule has 3 nitrogen and oxygen atoms in total. The summed E-state index contributed by atoms with van der Waals surface area (Å²) in [6.07, 6.45) is 0. The van der Waals surface area contributed by atoms with E-state index in [9.17, 15) is 8.78 Å². The Kier molecular flexibility index (Phi) is 6.48. The molecule has 6 heteroatoms. The van der Waals surface area contributed by atoms with Gasteiger partial charge in [0.15, 0.2) is 0 Å². The monoisotopic (exact) mass is 292 g/mol. The molecule has 1 heterocycles. The third-order valence-corrected chi connectivity index (χ3v) is 3.26. The molecule has 1 aromatic rings. The van der Waals surface area contributed by atoms with Gasteiger partial charge in [-0.05, 0) is 24.6 Å². The van der Waals surface area contributed by atoms with Gasteiger partial charge in [0.25, 0.3) is 0 Å². The van der Waals surface area contributed by atoms with E-state index < -0.39 is 6.61 Å². The van der Waals surface area contributed by atoms with E-state index in [1.54, 1.807) is 18.2 Å². The number of rotatable bonds is 4. The Hall–Kier alpha value is -0.910. The van der Waals surface area contributed by atoms with E-state index in [2.05, 4.69) is 21.9 Å². The van der Waals surface area contributed by atoms with Crippen LogP contribution in [-0.4, -0.2) is 37.7 Å². The zero-order chi connectivity index (χ0) is 13.0. The highest BCUT2D eigenvalue weighted by Gasteiger charge is 2.18. The van der Waals surface area contributed by atoms with Crippen LogP contribution in [0.5, 0.6) is 5.75 Å². The van der Waals surface area contributed by atoms with Crippen molar-refractivity contribution in [2.75, 3.05) is 26.2 Å². The molecule has 1 saturated heterocycles. The Labute approximate surface area is 118 Å². The molecule has 1 aliphatic rings. The second kappa shape index (κ2) is 7.62. The van der Waals surface area contributed by atoms with Gasteiger partial charge < -0.3 is 10.1 Å². The summed E-state index contributed by atoms with van der Waals surface area (Å²) in [5.41, 5.74) is 1.01. The van der Waals surface area contributed by atoms with Crippen LogP contribution in [0.1, 0.15) is 18.5 Å². The third kappa shape index (κ3) is 4.60. The highest BCUT2D eigenvalue weighted by molar-refractivity contribution is 5.85. The number of piperazine rings is 1. The van der Waals surface area contributed by atoms with E-state index in [1.165, 1.54) is 0 Å². The molecule has 0 spiro atoms. The number of hydrogen-bond acceptors (Lipinski definition) is 3. The summed E-state index contributed by atoms with van der Waals surface area (Å²) in [5.74, 6) is 0.226. The SMILES string of the molecule is C[C@@H](c1cccc(OC(F)F)c1)N1CCNCC1.Cl. The fraction of sp³-hybridized carbons (Fsp3) is 0.538. The predicted molar refractivity (Wildman–Crippen MR) is 73.2 cm³/mol. The van der Waals surface area contributed by atoms with Gasteiger partial charge in [-0.2, -0.15) is 8.78 Å². The van der Waals surface area contributed by atoms with Crippen molar-refractivity contribution in [2.24, 2.45) is 0 Å². The first-order valence-electron chi connectivity index (χ1n) is 6.16. The Morgan fingerprint density at radius 3 is 2.58 bits per heavy atom. The largest absolute Gasteiger partial charge is 0.435 e. The summed E-state index contributed by atoms with van der Waals surface area (Å²) in [5, 5.41) is 3.29. The summed E-state index contributed by atoms with van der Waals surface area (Å²) < 4.78 is 28.8. The maximum absolute atomic E-state index is 12.2. The van der Waals surface area contributed by atoms with E-state index in [0.717, 1.165) is 31.7 Å². The van der Waals surface area contributed by atoms with Crippen LogP contribution in [0.15, 0.2) is 24.3 Å². The number of hydrogen-bond donors (Lipinski definition) is 1. The first-order chi connectivity index (χ1) is 8.66. The van der Waals surface area contributed by atoms with Crippen LogP contribution in [0.3, 0.4) is 0 Å². The number of alkyl halides is 2. The van der Waals surface area contributed by atoms with Crippen LogP contribution < -0.4 is 10.1 Å². The van der Waals surface area contributed by atoms with Crippen molar-refractivity contribution in [1.29, 1.82) is 0 Å². The average Bonchev–Trinajstić information content (AvgIpc) is 2.38. The first kappa shape index (κ1) is 16.1. The summed E-state index contributed by atoms with van der Waals surface area (Å²) in [4.78, 5) is 2.33. The quantitative estimate of drug-likeness (QED) is 0.923. The summed E-state index contributed by atoms with van der Waals surface area (Å²) >= 11 is 0. The number of halogens is 3. The van der Waals surface area contributed by atoms with Crippen LogP contribution in [0.2, 0.25) is 0 Å². The molecule has 0 unspecified atom stereocenters. The maximum Gasteiger partial charge on any atom is 0.387 e. The maximum atomic E-state index is 12.2. The van der Waals surface area contributed by atoms with Crippen molar-refractivity contribution < 1.29 is 13.5 Å². The van der Waals surface area contributed by atoms with Gasteiger partial charge in [-0.3, -0.25) is 4.90 Å². The van der Waals surface area contributed by atoms with Crippen molar-refractivity contribution in [3.63, 3.8) is 0 Å². The van der Waals surface area contributed by atoms with Crippen LogP contribution in [0, 0.1) is 0 Å². The molecule has 1 atom stereocenters. The molecule has 0 amide bonds. The highest BCUT2D eigenvalue weighted by atomic mass is 35.5. The van der Waals surface area contributed by atoms with Crippen LogP contribution in [0.25, 0.3) is 0 Å². The topological polar surface area (TPSA) is 24.5 Å². The normalized spacial score (nSPS) is 17.9. The fourth-order valence-corrected chi connectivity index (χ4v) is 2.23. The molecule has 0 bridgehead atoms. The van der Waals surface area contributed by atoms with Gasteiger partial charge in [-0.25, -0.2) is 0 Å². The smallest absolute Gasteiger partial charge is 0.387 e. The second-order valence-corrected chi connectivity index (χ2v) is 4.41. The first-order valence-corrected chi connectivity index (χ1v) is 6.16. The lowest BCUT2D eigenvalue weighted by Crippen LogP contribution is -2.44. The zero-order valence-electron chi connectivity index (χ0n) is 10.8. The van der Waals surface area contributed by atoms with Crippen molar-refractivity contribution in [1.82, 2.24) is 10.2 Å². The lowest BCUT2D eigenvalue weighted by Gasteiger charge is -2.33. The molecule has 1 aromatic carbocycles. The van der Waals surface area contributed by atoms with Gasteiger partial charge in [0.2, 0.25) is 0 Å². The fourth-order valence-electron chi connectivity index (χ4n) is 2.23. The molecule has 19 heavy (non-hydrogen) atoms. The second-order valence-electron chi connectivity index (χ2n) is 4.41. The van der Waals surface area contributed by atoms with Crippen LogP contribution in [-0.2, 0) is 0 Å². The summed E-state index contributed by atoms with van der Waals surface area (Å²) in [6.45, 7) is 3.21. The molecule has 0 aliphatic carbocycles. The minimum atomic E-state index is -2.77. The Morgan fingerprint density at radius 1 is 1.26 bits per heavy atom. The van der Waals surface area contributed by atoms with Crippen LogP contribution >= 0.6 is 12.4 Å². The van der Waals surface area contributed by atoms with Crippen molar-refractivity contribution in [2.45, 2.75) is 19.6 Å². The van der Waals surface area contributed by atoms with E-state index in [-0.39, 0.29) is 24.2 Å². The molecule has 0 aromatic heterocycles. The Morgan fingerprint density at radius 2 is 1.95 bits per heavy atom. The van der Waals surface area contributed by atoms with E-state index in [0.29, 0.717) is 0 Å². The molecular formula is C13H19ClF2N2O. The van der Waals surface area contributed by atoms with Crippen molar-refractivity contribution in [3.8, 4) is 5.75 Å². The van der Waals surface area contributed by atoms with Gasteiger partial charge in [-0.1, -0.05) is 12.1 Å². The molecule has 1 N–H and O–H groups in total. The van der Waals surface area contributed by atoms with Crippen LogP contribution in [0.4, 0.5) is 8.78 Å². The summed E-state index contributed by atoms with van der Waals surface area (Å²) in [7, 11) is 0. The Bertz CT molecular complexity index is 387. The number of benzene rings is 1. The van der Waals surface area contributed by atoms with E-state index in [4.69, 9.17) is 0 Å². The number of ether oxygens (including phenoxy) is 1. The van der Waals surface area contributed by atoms with E-state index in [1.807, 2.05) is 6.07 Å². The van der Waals surface area contributed by atoms with E-state index >= 15 is 0 Å². The van der Waals surface area contributed by atoms with Gasteiger partial charge in [0.05, 0.1) is 0 Å². The minimum absolute atomic E-state index is 0. The van der Waals surface area contributed by atoms with Crippen molar-refractivity contribution >= 4 is 12.4 Å². The standard InChI is InChI=1S/C13H18F2N2O.ClH/c1-10(17-7-5-16-6-8-17)11-3-2-4-12(9-11)18-13(14)15;/h2-4,9-10,13,16H,5-8H2,1H3;1H/t10-;/m0./s1. The van der Waals surface area contributed by atoms with Gasteiger partial charge in [0, 0.05) is 32.2 Å². The molecule has 1 fully saturated rings. The molecule has 1 aliphatic heterocycles. The molecule has 0 radical (unpaired) electrons. The lowest BCUT2D eigenvalue weighted by molar-refractivity contribution is -0.0499. The zero-order valence-corrected chi connectivity index (χ0v) is 11.6. The lowest BCUT2D eigenvalue weighted by atomic mass is 10.1. The van der Waals surface area contributed by atoms with Gasteiger partial charge in [-0.15, -0.1) is 12.4 Å². The average molecular weight is 293 g/mol.